The van der Waals surface area contributed by atoms with Gasteiger partial charge in [0.1, 0.15) is 16.7 Å². The van der Waals surface area contributed by atoms with E-state index in [0.29, 0.717) is 44.8 Å². The first kappa shape index (κ1) is 29.2. The normalized spacial score (nSPS) is 24.1. The molecular weight excluding hydrogens is 515 g/mol. The summed E-state index contributed by atoms with van der Waals surface area (Å²) in [6.45, 7) is 2.25. The van der Waals surface area contributed by atoms with Gasteiger partial charge in [0.15, 0.2) is 0 Å². The molecule has 1 aliphatic carbocycles. The standard InChI is InChI=1S/C22H33N3O4S.C2HF3O2/c1-23(2)15-16-25-18-11-13-24(22(26)17-7-3-4-8-17)14-12-19(18)29-20-9-5-6-10-21(20)30(25,27)28;3-2(4,5)1(6)7/h5-6,9-10,17-19H,3-4,7-8,11-16H2,1-2H3;(H,6,7)/t18-,19-;/m0./s1. The molecule has 0 spiro atoms. The van der Waals surface area contributed by atoms with Crippen LogP contribution < -0.4 is 4.74 Å². The second kappa shape index (κ2) is 12.0. The summed E-state index contributed by atoms with van der Waals surface area (Å²) in [5.41, 5.74) is 0. The molecule has 208 valence electrons. The number of aliphatic carboxylic acids is 1. The van der Waals surface area contributed by atoms with Crippen LogP contribution in [0.5, 0.6) is 5.75 Å². The number of fused-ring (bicyclic) bond motifs is 2. The molecule has 9 nitrogen and oxygen atoms in total. The Morgan fingerprint density at radius 1 is 1.08 bits per heavy atom. The van der Waals surface area contributed by atoms with Gasteiger partial charge in [0.2, 0.25) is 15.9 Å². The van der Waals surface area contributed by atoms with Crippen molar-refractivity contribution in [2.24, 2.45) is 5.92 Å². The Morgan fingerprint density at radius 3 is 2.27 bits per heavy atom. The van der Waals surface area contributed by atoms with Crippen molar-refractivity contribution < 1.29 is 41.0 Å². The number of carbonyl (C=O) groups is 2. The predicted molar refractivity (Wildman–Crippen MR) is 129 cm³/mol. The summed E-state index contributed by atoms with van der Waals surface area (Å²) in [6, 6.07) is 6.65. The van der Waals surface area contributed by atoms with Crippen LogP contribution in [-0.2, 0) is 19.6 Å². The van der Waals surface area contributed by atoms with Crippen LogP contribution >= 0.6 is 0 Å². The smallest absolute Gasteiger partial charge is 0.487 e. The molecule has 1 saturated carbocycles. The average molecular weight is 550 g/mol. The highest BCUT2D eigenvalue weighted by atomic mass is 32.2. The van der Waals surface area contributed by atoms with E-state index < -0.39 is 22.2 Å². The van der Waals surface area contributed by atoms with Crippen LogP contribution in [0, 0.1) is 5.92 Å². The molecule has 13 heteroatoms. The number of likely N-dealkylation sites (N-methyl/N-ethyl adjacent to an activating group) is 1. The molecule has 3 aliphatic rings. The topological polar surface area (TPSA) is 107 Å². The number of carboxylic acids is 1. The Morgan fingerprint density at radius 2 is 1.68 bits per heavy atom. The molecule has 1 saturated heterocycles. The van der Waals surface area contributed by atoms with Crippen molar-refractivity contribution >= 4 is 21.9 Å². The SMILES string of the molecule is CN(C)CCN1[C@H]2CCN(C(=O)C3CCCC3)CC[C@@H]2Oc2ccccc2S1(=O)=O.O=C(O)C(F)(F)F. The summed E-state index contributed by atoms with van der Waals surface area (Å²) in [5, 5.41) is 7.12. The van der Waals surface area contributed by atoms with Crippen LogP contribution in [0.2, 0.25) is 0 Å². The van der Waals surface area contributed by atoms with Gasteiger partial charge < -0.3 is 19.6 Å². The number of halogens is 3. The van der Waals surface area contributed by atoms with E-state index >= 15 is 0 Å². The first-order valence-electron chi connectivity index (χ1n) is 12.3. The van der Waals surface area contributed by atoms with Gasteiger partial charge in [-0.25, -0.2) is 13.2 Å². The third-order valence-corrected chi connectivity index (χ3v) is 8.88. The van der Waals surface area contributed by atoms with Crippen molar-refractivity contribution in [1.29, 1.82) is 0 Å². The largest absolute Gasteiger partial charge is 0.490 e. The van der Waals surface area contributed by atoms with E-state index in [9.17, 15) is 26.4 Å². The number of hydrogen-bond acceptors (Lipinski definition) is 6. The molecular formula is C24H34F3N3O6S. The summed E-state index contributed by atoms with van der Waals surface area (Å²) in [7, 11) is 0.215. The Hall–Kier alpha value is -2.38. The first-order chi connectivity index (χ1) is 17.3. The Balaban J connectivity index is 0.000000479. The number of alkyl halides is 3. The van der Waals surface area contributed by atoms with Gasteiger partial charge in [0.05, 0.1) is 6.04 Å². The lowest BCUT2D eigenvalue weighted by molar-refractivity contribution is -0.192. The van der Waals surface area contributed by atoms with Crippen molar-refractivity contribution in [2.45, 2.75) is 61.7 Å². The van der Waals surface area contributed by atoms with Crippen LogP contribution in [0.3, 0.4) is 0 Å². The second-order valence-electron chi connectivity index (χ2n) is 9.78. The Bertz CT molecular complexity index is 1060. The summed E-state index contributed by atoms with van der Waals surface area (Å²) in [5.74, 6) is -1.95. The number of likely N-dealkylation sites (tertiary alicyclic amines) is 1. The highest BCUT2D eigenvalue weighted by Gasteiger charge is 2.44. The van der Waals surface area contributed by atoms with E-state index in [4.69, 9.17) is 14.6 Å². The quantitative estimate of drug-likeness (QED) is 0.616. The van der Waals surface area contributed by atoms with Crippen molar-refractivity contribution in [3.63, 3.8) is 0 Å². The zero-order chi connectivity index (χ0) is 27.4. The van der Waals surface area contributed by atoms with E-state index in [-0.39, 0.29) is 28.9 Å². The lowest BCUT2D eigenvalue weighted by atomic mass is 10.1. The summed E-state index contributed by atoms with van der Waals surface area (Å²) < 4.78 is 66.8. The molecule has 1 amide bonds. The number of nitrogens with zero attached hydrogens (tertiary/aromatic N) is 3. The van der Waals surface area contributed by atoms with E-state index in [2.05, 4.69) is 0 Å². The van der Waals surface area contributed by atoms with Gasteiger partial charge in [0, 0.05) is 38.5 Å². The number of benzene rings is 1. The number of sulfonamides is 1. The van der Waals surface area contributed by atoms with Gasteiger partial charge in [-0.1, -0.05) is 25.0 Å². The number of carbonyl (C=O) groups excluding carboxylic acids is 1. The molecule has 2 atom stereocenters. The molecule has 2 aliphatic heterocycles. The fourth-order valence-corrected chi connectivity index (χ4v) is 6.79. The zero-order valence-corrected chi connectivity index (χ0v) is 21.8. The fourth-order valence-electron chi connectivity index (χ4n) is 4.99. The lowest BCUT2D eigenvalue weighted by Crippen LogP contribution is -2.49. The molecule has 4 rings (SSSR count). The molecule has 0 bridgehead atoms. The lowest BCUT2D eigenvalue weighted by Gasteiger charge is -2.32. The minimum Gasteiger partial charge on any atom is -0.487 e. The van der Waals surface area contributed by atoms with Crippen LogP contribution in [0.4, 0.5) is 13.2 Å². The number of amides is 1. The van der Waals surface area contributed by atoms with Gasteiger partial charge in [-0.2, -0.15) is 17.5 Å². The monoisotopic (exact) mass is 549 g/mol. The number of ether oxygens (including phenoxy) is 1. The molecule has 2 heterocycles. The maximum absolute atomic E-state index is 13.6. The fraction of sp³-hybridized carbons (Fsp3) is 0.667. The van der Waals surface area contributed by atoms with Crippen LogP contribution in [0.1, 0.15) is 38.5 Å². The predicted octanol–water partition coefficient (Wildman–Crippen LogP) is 2.81. The average Bonchev–Trinajstić information content (AvgIpc) is 3.25. The zero-order valence-electron chi connectivity index (χ0n) is 21.0. The number of rotatable bonds is 4. The van der Waals surface area contributed by atoms with Gasteiger partial charge in [-0.15, -0.1) is 0 Å². The van der Waals surface area contributed by atoms with Crippen molar-refractivity contribution in [1.82, 2.24) is 14.1 Å². The molecule has 1 aromatic rings. The maximum atomic E-state index is 13.6. The van der Waals surface area contributed by atoms with Crippen LogP contribution in [-0.4, -0.2) is 98.1 Å². The number of carboxylic acid groups (broad SMARTS) is 1. The van der Waals surface area contributed by atoms with Crippen molar-refractivity contribution in [2.75, 3.05) is 40.3 Å². The molecule has 1 aromatic carbocycles. The molecule has 37 heavy (non-hydrogen) atoms. The Labute approximate surface area is 215 Å². The number of hydrogen-bond donors (Lipinski definition) is 1. The molecule has 0 unspecified atom stereocenters. The van der Waals surface area contributed by atoms with E-state index in [1.54, 1.807) is 22.5 Å². The highest BCUT2D eigenvalue weighted by molar-refractivity contribution is 7.89. The van der Waals surface area contributed by atoms with Crippen LogP contribution in [0.15, 0.2) is 29.2 Å². The van der Waals surface area contributed by atoms with E-state index in [1.165, 1.54) is 0 Å². The van der Waals surface area contributed by atoms with Gasteiger partial charge in [0.25, 0.3) is 0 Å². The van der Waals surface area contributed by atoms with Crippen molar-refractivity contribution in [3.8, 4) is 5.75 Å². The third-order valence-electron chi connectivity index (χ3n) is 6.92. The Kier molecular flexibility index (Phi) is 9.46. The molecule has 1 N–H and O–H groups in total. The maximum Gasteiger partial charge on any atom is 0.490 e. The second-order valence-corrected chi connectivity index (χ2v) is 11.6. The van der Waals surface area contributed by atoms with Gasteiger partial charge in [-0.05, 0) is 45.5 Å². The van der Waals surface area contributed by atoms with Crippen LogP contribution in [0.25, 0.3) is 0 Å². The number of para-hydroxylation sites is 1. The van der Waals surface area contributed by atoms with Gasteiger partial charge in [-0.3, -0.25) is 4.79 Å². The summed E-state index contributed by atoms with van der Waals surface area (Å²) in [6.07, 6.45) is 0.129. The minimum atomic E-state index is -5.08. The van der Waals surface area contributed by atoms with E-state index in [0.717, 1.165) is 25.7 Å². The first-order valence-corrected chi connectivity index (χ1v) is 13.8. The molecule has 0 radical (unpaired) electrons. The minimum absolute atomic E-state index is 0.142. The third kappa shape index (κ3) is 7.14. The molecule has 2 fully saturated rings. The van der Waals surface area contributed by atoms with Gasteiger partial charge >= 0.3 is 12.1 Å². The summed E-state index contributed by atoms with van der Waals surface area (Å²) in [4.78, 5) is 26.1. The molecule has 0 aromatic heterocycles. The highest BCUT2D eigenvalue weighted by Crippen LogP contribution is 2.37. The van der Waals surface area contributed by atoms with Crippen molar-refractivity contribution in [3.05, 3.63) is 24.3 Å². The summed E-state index contributed by atoms with van der Waals surface area (Å²) >= 11 is 0. The van der Waals surface area contributed by atoms with E-state index in [1.807, 2.05) is 30.0 Å².